The van der Waals surface area contributed by atoms with Crippen LogP contribution >= 0.6 is 27.3 Å². The maximum Gasteiger partial charge on any atom is 0.274 e. The molecule has 1 aromatic heterocycles. The Kier molecular flexibility index (Phi) is 5.41. The largest absolute Gasteiger partial charge is 0.481 e. The Labute approximate surface area is 145 Å². The van der Waals surface area contributed by atoms with Gasteiger partial charge in [0.1, 0.15) is 9.96 Å². The van der Waals surface area contributed by atoms with Crippen molar-refractivity contribution in [3.63, 3.8) is 0 Å². The molecule has 0 fully saturated rings. The molecule has 1 amide bonds. The van der Waals surface area contributed by atoms with Crippen LogP contribution in [0.4, 0.5) is 0 Å². The van der Waals surface area contributed by atoms with E-state index < -0.39 is 22.0 Å². The summed E-state index contributed by atoms with van der Waals surface area (Å²) in [6.45, 7) is 1.42. The maximum atomic E-state index is 12.1. The van der Waals surface area contributed by atoms with Crippen LogP contribution in [0.2, 0.25) is 0 Å². The van der Waals surface area contributed by atoms with E-state index in [-0.39, 0.29) is 4.21 Å². The first kappa shape index (κ1) is 17.5. The lowest BCUT2D eigenvalue weighted by molar-refractivity contribution is -0.125. The third-order valence-corrected chi connectivity index (χ3v) is 6.16. The van der Waals surface area contributed by atoms with Crippen LogP contribution < -0.4 is 9.46 Å². The fourth-order valence-corrected chi connectivity index (χ4v) is 4.66. The van der Waals surface area contributed by atoms with E-state index in [2.05, 4.69) is 15.9 Å². The topological polar surface area (TPSA) is 96.3 Å². The quantitative estimate of drug-likeness (QED) is 0.810. The van der Waals surface area contributed by atoms with E-state index in [1.165, 1.54) is 19.1 Å². The lowest BCUT2D eigenvalue weighted by atomic mass is 10.2. The molecule has 9 heteroatoms. The maximum absolute atomic E-state index is 12.1. The first-order chi connectivity index (χ1) is 10.8. The Morgan fingerprint density at radius 2 is 2.13 bits per heavy atom. The number of rotatable bonds is 5. The normalized spacial score (nSPS) is 12.2. The van der Waals surface area contributed by atoms with Crippen LogP contribution in [-0.4, -0.2) is 20.4 Å². The zero-order chi connectivity index (χ0) is 17.0. The molecule has 0 aliphatic rings. The number of amides is 1. The number of nitrogens with one attached hydrogen (secondary N) is 1. The molecule has 0 aliphatic heterocycles. The fraction of sp³-hybridized carbons (Fsp3) is 0.143. The molecule has 23 heavy (non-hydrogen) atoms. The number of benzene rings is 1. The summed E-state index contributed by atoms with van der Waals surface area (Å²) < 4.78 is 32.2. The number of thiophene rings is 1. The number of hydrogen-bond acceptors (Lipinski definition) is 6. The highest BCUT2D eigenvalue weighted by molar-refractivity contribution is 9.11. The second-order valence-corrected chi connectivity index (χ2v) is 8.80. The molecule has 0 saturated carbocycles. The number of hydrogen-bond donors (Lipinski definition) is 1. The molecule has 6 nitrogen and oxygen atoms in total. The number of carbonyl (C=O) groups excluding carboxylic acids is 1. The Morgan fingerprint density at radius 1 is 1.39 bits per heavy atom. The average molecular weight is 415 g/mol. The summed E-state index contributed by atoms with van der Waals surface area (Å²) in [5, 5.41) is 8.82. The molecule has 1 N–H and O–H groups in total. The van der Waals surface area contributed by atoms with Gasteiger partial charge in [-0.3, -0.25) is 4.79 Å². The predicted molar refractivity (Wildman–Crippen MR) is 88.6 cm³/mol. The van der Waals surface area contributed by atoms with E-state index in [4.69, 9.17) is 10.00 Å². The Balaban J connectivity index is 2.06. The van der Waals surface area contributed by atoms with Crippen molar-refractivity contribution in [2.24, 2.45) is 0 Å². The van der Waals surface area contributed by atoms with Crippen molar-refractivity contribution in [3.05, 3.63) is 45.7 Å². The highest BCUT2D eigenvalue weighted by atomic mass is 79.9. The van der Waals surface area contributed by atoms with Gasteiger partial charge in [-0.05, 0) is 53.2 Å². The molecular formula is C14H11BrN2O4S2. The van der Waals surface area contributed by atoms with Crippen LogP contribution in [0.5, 0.6) is 5.75 Å². The lowest BCUT2D eigenvalue weighted by Gasteiger charge is -2.14. The number of nitriles is 1. The van der Waals surface area contributed by atoms with Crippen LogP contribution in [0, 0.1) is 11.3 Å². The molecule has 1 aromatic carbocycles. The van der Waals surface area contributed by atoms with Crippen molar-refractivity contribution in [2.75, 3.05) is 0 Å². The van der Waals surface area contributed by atoms with Gasteiger partial charge < -0.3 is 4.74 Å². The summed E-state index contributed by atoms with van der Waals surface area (Å²) in [5.41, 5.74) is 0.381. The van der Waals surface area contributed by atoms with Crippen molar-refractivity contribution < 1.29 is 17.9 Å². The lowest BCUT2D eigenvalue weighted by Crippen LogP contribution is -2.39. The number of nitrogens with zero attached hydrogens (tertiary/aromatic N) is 1. The molecule has 0 saturated heterocycles. The van der Waals surface area contributed by atoms with Crippen molar-refractivity contribution >= 4 is 43.2 Å². The molecule has 0 bridgehead atoms. The zero-order valence-corrected chi connectivity index (χ0v) is 15.0. The molecule has 0 unspecified atom stereocenters. The monoisotopic (exact) mass is 414 g/mol. The van der Waals surface area contributed by atoms with Gasteiger partial charge in [0.25, 0.3) is 15.9 Å². The Morgan fingerprint density at radius 3 is 2.74 bits per heavy atom. The molecule has 2 aromatic rings. The first-order valence-corrected chi connectivity index (χ1v) is 9.40. The van der Waals surface area contributed by atoms with E-state index in [1.54, 1.807) is 24.3 Å². The van der Waals surface area contributed by atoms with Gasteiger partial charge in [0.2, 0.25) is 0 Å². The molecule has 0 spiro atoms. The summed E-state index contributed by atoms with van der Waals surface area (Å²) >= 11 is 4.16. The molecule has 1 atom stereocenters. The summed E-state index contributed by atoms with van der Waals surface area (Å²) in [6, 6.07) is 11.2. The van der Waals surface area contributed by atoms with Gasteiger partial charge in [0.15, 0.2) is 6.10 Å². The SMILES string of the molecule is C[C@@H](Oc1cccc(C#N)c1)C(=O)NS(=O)(=O)c1ccc(Br)s1. The first-order valence-electron chi connectivity index (χ1n) is 6.30. The average Bonchev–Trinajstić information content (AvgIpc) is 2.94. The second kappa shape index (κ2) is 7.12. The van der Waals surface area contributed by atoms with Crippen LogP contribution in [0.1, 0.15) is 12.5 Å². The fourth-order valence-electron chi connectivity index (χ4n) is 1.60. The second-order valence-electron chi connectivity index (χ2n) is 4.43. The minimum Gasteiger partial charge on any atom is -0.481 e. The van der Waals surface area contributed by atoms with Gasteiger partial charge in [-0.25, -0.2) is 13.1 Å². The molecule has 1 heterocycles. The smallest absolute Gasteiger partial charge is 0.274 e. The highest BCUT2D eigenvalue weighted by Gasteiger charge is 2.24. The van der Waals surface area contributed by atoms with Crippen molar-refractivity contribution in [2.45, 2.75) is 17.2 Å². The number of sulfonamides is 1. The molecule has 0 aliphatic carbocycles. The van der Waals surface area contributed by atoms with Crippen LogP contribution in [-0.2, 0) is 14.8 Å². The summed E-state index contributed by atoms with van der Waals surface area (Å²) in [7, 11) is -3.93. The third kappa shape index (κ3) is 4.54. The summed E-state index contributed by atoms with van der Waals surface area (Å²) in [5.74, 6) is -0.486. The standard InChI is InChI=1S/C14H11BrN2O4S2/c1-9(21-11-4-2-3-10(7-11)8-16)14(18)17-23(19,20)13-6-5-12(15)22-13/h2-7,9H,1H3,(H,17,18)/t9-/m1/s1. The van der Waals surface area contributed by atoms with Crippen molar-refractivity contribution in [1.29, 1.82) is 5.26 Å². The minimum absolute atomic E-state index is 0.0244. The molecule has 2 rings (SSSR count). The summed E-state index contributed by atoms with van der Waals surface area (Å²) in [4.78, 5) is 12.0. The van der Waals surface area contributed by atoms with E-state index in [9.17, 15) is 13.2 Å². The molecule has 120 valence electrons. The summed E-state index contributed by atoms with van der Waals surface area (Å²) in [6.07, 6.45) is -1.04. The van der Waals surface area contributed by atoms with Gasteiger partial charge in [0.05, 0.1) is 15.4 Å². The van der Waals surface area contributed by atoms with Gasteiger partial charge in [-0.1, -0.05) is 6.07 Å². The van der Waals surface area contributed by atoms with E-state index in [1.807, 2.05) is 10.8 Å². The van der Waals surface area contributed by atoms with Crippen LogP contribution in [0.25, 0.3) is 0 Å². The highest BCUT2D eigenvalue weighted by Crippen LogP contribution is 2.25. The number of carbonyl (C=O) groups is 1. The van der Waals surface area contributed by atoms with Crippen LogP contribution in [0.3, 0.4) is 0 Å². The number of ether oxygens (including phenoxy) is 1. The van der Waals surface area contributed by atoms with Gasteiger partial charge in [-0.2, -0.15) is 5.26 Å². The number of halogens is 1. The van der Waals surface area contributed by atoms with Gasteiger partial charge in [0, 0.05) is 0 Å². The van der Waals surface area contributed by atoms with Gasteiger partial charge >= 0.3 is 0 Å². The van der Waals surface area contributed by atoms with Gasteiger partial charge in [-0.15, -0.1) is 11.3 Å². The van der Waals surface area contributed by atoms with E-state index in [0.717, 1.165) is 11.3 Å². The molecular weight excluding hydrogens is 404 g/mol. The van der Waals surface area contributed by atoms with Crippen molar-refractivity contribution in [1.82, 2.24) is 4.72 Å². The predicted octanol–water partition coefficient (Wildman–Crippen LogP) is 2.65. The van der Waals surface area contributed by atoms with E-state index in [0.29, 0.717) is 15.1 Å². The molecule has 0 radical (unpaired) electrons. The van der Waals surface area contributed by atoms with Crippen molar-refractivity contribution in [3.8, 4) is 11.8 Å². The minimum atomic E-state index is -3.93. The third-order valence-electron chi connectivity index (χ3n) is 2.69. The van der Waals surface area contributed by atoms with Crippen LogP contribution in [0.15, 0.2) is 44.4 Å². The Bertz CT molecular complexity index is 871. The zero-order valence-electron chi connectivity index (χ0n) is 11.8. The Hall–Kier alpha value is -1.89. The van der Waals surface area contributed by atoms with E-state index >= 15 is 0 Å².